The molecule has 1 aliphatic heterocycles. The SMILES string of the molecule is COc1ccc2c(c1)N(c1ccccc1F)C(=O)C2NC(=O)OCc1ccccc1. The van der Waals surface area contributed by atoms with E-state index in [1.165, 1.54) is 24.1 Å². The zero-order chi connectivity index (χ0) is 21.1. The summed E-state index contributed by atoms with van der Waals surface area (Å²) in [4.78, 5) is 26.8. The predicted octanol–water partition coefficient (Wildman–Crippen LogP) is 4.48. The molecule has 0 aliphatic carbocycles. The molecule has 0 aromatic heterocycles. The molecule has 1 heterocycles. The number of alkyl carbamates (subject to hydrolysis) is 1. The summed E-state index contributed by atoms with van der Waals surface area (Å²) in [6, 6.07) is 19.2. The van der Waals surface area contributed by atoms with E-state index < -0.39 is 23.9 Å². The van der Waals surface area contributed by atoms with Gasteiger partial charge in [0.05, 0.1) is 18.5 Å². The molecule has 1 N–H and O–H groups in total. The molecular weight excluding hydrogens is 387 g/mol. The minimum atomic E-state index is -1.01. The Morgan fingerprint density at radius 1 is 1.03 bits per heavy atom. The minimum Gasteiger partial charge on any atom is -0.497 e. The number of amides is 2. The summed E-state index contributed by atoms with van der Waals surface area (Å²) in [5, 5.41) is 2.60. The van der Waals surface area contributed by atoms with Gasteiger partial charge in [0.1, 0.15) is 24.2 Å². The van der Waals surface area contributed by atoms with Crippen LogP contribution in [0.4, 0.5) is 20.6 Å². The molecule has 1 unspecified atom stereocenters. The normalized spacial score (nSPS) is 14.9. The van der Waals surface area contributed by atoms with Crippen molar-refractivity contribution in [1.29, 1.82) is 0 Å². The molecule has 2 amide bonds. The highest BCUT2D eigenvalue weighted by molar-refractivity contribution is 6.11. The number of carbonyl (C=O) groups excluding carboxylic acids is 2. The van der Waals surface area contributed by atoms with E-state index in [2.05, 4.69) is 5.32 Å². The smallest absolute Gasteiger partial charge is 0.408 e. The second-order valence-electron chi connectivity index (χ2n) is 6.69. The van der Waals surface area contributed by atoms with Crippen molar-refractivity contribution in [1.82, 2.24) is 5.32 Å². The van der Waals surface area contributed by atoms with Gasteiger partial charge in [0.15, 0.2) is 0 Å². The number of para-hydroxylation sites is 1. The van der Waals surface area contributed by atoms with Crippen molar-refractivity contribution >= 4 is 23.4 Å². The number of benzene rings is 3. The molecule has 7 heteroatoms. The summed E-state index contributed by atoms with van der Waals surface area (Å²) in [6.07, 6.45) is -0.741. The van der Waals surface area contributed by atoms with Gasteiger partial charge in [-0.05, 0) is 23.8 Å². The van der Waals surface area contributed by atoms with Gasteiger partial charge in [0.2, 0.25) is 0 Å². The molecule has 0 radical (unpaired) electrons. The summed E-state index contributed by atoms with van der Waals surface area (Å²) < 4.78 is 24.9. The van der Waals surface area contributed by atoms with E-state index >= 15 is 0 Å². The number of carbonyl (C=O) groups is 2. The monoisotopic (exact) mass is 406 g/mol. The van der Waals surface area contributed by atoms with E-state index in [4.69, 9.17) is 9.47 Å². The molecule has 3 aromatic rings. The molecule has 1 aliphatic rings. The number of hydrogen-bond acceptors (Lipinski definition) is 4. The molecule has 0 bridgehead atoms. The second kappa shape index (κ2) is 8.24. The summed E-state index contributed by atoms with van der Waals surface area (Å²) >= 11 is 0. The Morgan fingerprint density at radius 3 is 2.50 bits per heavy atom. The third-order valence-electron chi connectivity index (χ3n) is 4.83. The Kier molecular flexibility index (Phi) is 5.34. The first-order valence-corrected chi connectivity index (χ1v) is 9.32. The van der Waals surface area contributed by atoms with Gasteiger partial charge < -0.3 is 14.8 Å². The minimum absolute atomic E-state index is 0.0695. The number of anilines is 2. The maximum absolute atomic E-state index is 14.5. The molecule has 0 spiro atoms. The van der Waals surface area contributed by atoms with Crippen LogP contribution in [0.3, 0.4) is 0 Å². The number of nitrogens with zero attached hydrogens (tertiary/aromatic N) is 1. The summed E-state index contributed by atoms with van der Waals surface area (Å²) in [6.45, 7) is 0.0695. The fourth-order valence-electron chi connectivity index (χ4n) is 3.37. The first-order chi connectivity index (χ1) is 14.6. The van der Waals surface area contributed by atoms with Crippen LogP contribution in [0.25, 0.3) is 0 Å². The Balaban J connectivity index is 1.60. The third-order valence-corrected chi connectivity index (χ3v) is 4.83. The van der Waals surface area contributed by atoms with E-state index in [0.29, 0.717) is 17.0 Å². The summed E-state index contributed by atoms with van der Waals surface area (Å²) in [5.41, 5.74) is 1.89. The fraction of sp³-hybridized carbons (Fsp3) is 0.130. The van der Waals surface area contributed by atoms with Crippen LogP contribution in [-0.2, 0) is 16.1 Å². The maximum atomic E-state index is 14.5. The number of methoxy groups -OCH3 is 1. The molecule has 30 heavy (non-hydrogen) atoms. The Hall–Kier alpha value is -3.87. The number of fused-ring (bicyclic) bond motifs is 1. The van der Waals surface area contributed by atoms with Gasteiger partial charge in [-0.15, -0.1) is 0 Å². The van der Waals surface area contributed by atoms with E-state index in [-0.39, 0.29) is 12.3 Å². The number of ether oxygens (including phenoxy) is 2. The van der Waals surface area contributed by atoms with Crippen molar-refractivity contribution in [2.75, 3.05) is 12.0 Å². The van der Waals surface area contributed by atoms with Gasteiger partial charge in [0, 0.05) is 11.6 Å². The third kappa shape index (κ3) is 3.69. The largest absolute Gasteiger partial charge is 0.497 e. The lowest BCUT2D eigenvalue weighted by molar-refractivity contribution is -0.119. The number of nitrogens with one attached hydrogen (secondary N) is 1. The number of halogens is 1. The molecule has 1 atom stereocenters. The van der Waals surface area contributed by atoms with Crippen molar-refractivity contribution < 1.29 is 23.5 Å². The predicted molar refractivity (Wildman–Crippen MR) is 109 cm³/mol. The van der Waals surface area contributed by atoms with Crippen LogP contribution in [0.15, 0.2) is 72.8 Å². The van der Waals surface area contributed by atoms with Gasteiger partial charge in [-0.1, -0.05) is 48.5 Å². The lowest BCUT2D eigenvalue weighted by atomic mass is 10.1. The molecular formula is C23H19FN2O4. The second-order valence-corrected chi connectivity index (χ2v) is 6.69. The molecule has 0 fully saturated rings. The first-order valence-electron chi connectivity index (χ1n) is 9.32. The van der Waals surface area contributed by atoms with Crippen molar-refractivity contribution in [3.63, 3.8) is 0 Å². The van der Waals surface area contributed by atoms with Gasteiger partial charge in [-0.2, -0.15) is 0 Å². The Labute approximate surface area is 172 Å². The van der Waals surface area contributed by atoms with E-state index in [9.17, 15) is 14.0 Å². The number of rotatable bonds is 5. The van der Waals surface area contributed by atoms with Crippen LogP contribution in [0.2, 0.25) is 0 Å². The highest BCUT2D eigenvalue weighted by atomic mass is 19.1. The average molecular weight is 406 g/mol. The topological polar surface area (TPSA) is 67.9 Å². The van der Waals surface area contributed by atoms with Crippen LogP contribution in [0.5, 0.6) is 5.75 Å². The van der Waals surface area contributed by atoms with Gasteiger partial charge >= 0.3 is 6.09 Å². The standard InChI is InChI=1S/C23H19FN2O4/c1-29-16-11-12-17-20(13-16)26(19-10-6-5-9-18(19)24)22(27)21(17)25-23(28)30-14-15-7-3-2-4-8-15/h2-13,21H,14H2,1H3,(H,25,28). The van der Waals surface area contributed by atoms with Gasteiger partial charge in [-0.3, -0.25) is 9.69 Å². The Bertz CT molecular complexity index is 1090. The highest BCUT2D eigenvalue weighted by Crippen LogP contribution is 2.43. The van der Waals surface area contributed by atoms with Crippen molar-refractivity contribution in [2.24, 2.45) is 0 Å². The fourth-order valence-corrected chi connectivity index (χ4v) is 3.37. The van der Waals surface area contributed by atoms with E-state index in [1.54, 1.807) is 30.3 Å². The number of hydrogen-bond donors (Lipinski definition) is 1. The quantitative estimate of drug-likeness (QED) is 0.678. The van der Waals surface area contributed by atoms with Gasteiger partial charge in [0.25, 0.3) is 5.91 Å². The summed E-state index contributed by atoms with van der Waals surface area (Å²) in [5.74, 6) is -0.526. The molecule has 0 saturated carbocycles. The maximum Gasteiger partial charge on any atom is 0.408 e. The van der Waals surface area contributed by atoms with Crippen molar-refractivity contribution in [3.8, 4) is 5.75 Å². The average Bonchev–Trinajstić information content (AvgIpc) is 3.04. The van der Waals surface area contributed by atoms with Crippen LogP contribution in [0.1, 0.15) is 17.2 Å². The zero-order valence-electron chi connectivity index (χ0n) is 16.2. The van der Waals surface area contributed by atoms with Crippen LogP contribution >= 0.6 is 0 Å². The molecule has 3 aromatic carbocycles. The van der Waals surface area contributed by atoms with Crippen LogP contribution < -0.4 is 15.0 Å². The van der Waals surface area contributed by atoms with E-state index in [0.717, 1.165) is 5.56 Å². The molecule has 152 valence electrons. The lowest BCUT2D eigenvalue weighted by Gasteiger charge is -2.19. The van der Waals surface area contributed by atoms with Crippen molar-refractivity contribution in [3.05, 3.63) is 89.7 Å². The zero-order valence-corrected chi connectivity index (χ0v) is 16.2. The molecule has 0 saturated heterocycles. The summed E-state index contributed by atoms with van der Waals surface area (Å²) in [7, 11) is 1.50. The lowest BCUT2D eigenvalue weighted by Crippen LogP contribution is -2.36. The Morgan fingerprint density at radius 2 is 1.77 bits per heavy atom. The molecule has 6 nitrogen and oxygen atoms in total. The van der Waals surface area contributed by atoms with Gasteiger partial charge in [-0.25, -0.2) is 9.18 Å². The molecule has 4 rings (SSSR count). The van der Waals surface area contributed by atoms with E-state index in [1.807, 2.05) is 30.3 Å². The van der Waals surface area contributed by atoms with Crippen molar-refractivity contribution in [2.45, 2.75) is 12.6 Å². The first kappa shape index (κ1) is 19.4. The van der Waals surface area contributed by atoms with Crippen LogP contribution in [-0.4, -0.2) is 19.1 Å². The van der Waals surface area contributed by atoms with Crippen LogP contribution in [0, 0.1) is 5.82 Å². The highest BCUT2D eigenvalue weighted by Gasteiger charge is 2.40.